The highest BCUT2D eigenvalue weighted by atomic mass is 19.1. The number of hydrogen-bond donors (Lipinski definition) is 2. The van der Waals surface area contributed by atoms with Crippen LogP contribution in [-0.4, -0.2) is 38.8 Å². The Morgan fingerprint density at radius 1 is 1.36 bits per heavy atom. The van der Waals surface area contributed by atoms with Crippen molar-refractivity contribution in [3.05, 3.63) is 63.1 Å². The number of fused-ring (bicyclic) bond motifs is 1. The second kappa shape index (κ2) is 6.93. The largest absolute Gasteiger partial charge is 0.342 e. The van der Waals surface area contributed by atoms with Crippen molar-refractivity contribution < 1.29 is 9.18 Å². The fourth-order valence-corrected chi connectivity index (χ4v) is 3.70. The Balaban J connectivity index is 1.50. The molecule has 1 aromatic carbocycles. The number of nitrogens with one attached hydrogen (secondary N) is 2. The summed E-state index contributed by atoms with van der Waals surface area (Å²) in [5.74, 6) is 0.456. The number of pyridine rings is 1. The van der Waals surface area contributed by atoms with Crippen LogP contribution in [0.3, 0.4) is 0 Å². The molecule has 0 saturated carbocycles. The van der Waals surface area contributed by atoms with Crippen molar-refractivity contribution in [1.29, 1.82) is 5.26 Å². The van der Waals surface area contributed by atoms with Crippen LogP contribution in [0, 0.1) is 24.1 Å². The smallest absolute Gasteiger partial charge is 0.266 e. The number of nitriles is 1. The average molecular weight is 379 g/mol. The van der Waals surface area contributed by atoms with Gasteiger partial charge in [-0.05, 0) is 43.5 Å². The molecule has 28 heavy (non-hydrogen) atoms. The lowest BCUT2D eigenvalue weighted by atomic mass is 9.95. The molecule has 0 spiro atoms. The highest BCUT2D eigenvalue weighted by molar-refractivity contribution is 5.95. The number of H-pyrrole nitrogens is 2. The van der Waals surface area contributed by atoms with E-state index in [9.17, 15) is 14.0 Å². The topological polar surface area (TPSA) is 106 Å². The van der Waals surface area contributed by atoms with Crippen molar-refractivity contribution in [3.63, 3.8) is 0 Å². The van der Waals surface area contributed by atoms with Crippen LogP contribution < -0.4 is 5.56 Å². The minimum absolute atomic E-state index is 0.0322. The lowest BCUT2D eigenvalue weighted by Crippen LogP contribution is -2.38. The van der Waals surface area contributed by atoms with Gasteiger partial charge in [0.25, 0.3) is 11.5 Å². The maximum Gasteiger partial charge on any atom is 0.266 e. The van der Waals surface area contributed by atoms with Gasteiger partial charge in [-0.15, -0.1) is 0 Å². The summed E-state index contributed by atoms with van der Waals surface area (Å²) in [5.41, 5.74) is 1.61. The second-order valence-corrected chi connectivity index (χ2v) is 6.99. The Morgan fingerprint density at radius 2 is 2.11 bits per heavy atom. The first kappa shape index (κ1) is 17.9. The normalized spacial score (nSPS) is 15.0. The fourth-order valence-electron chi connectivity index (χ4n) is 3.70. The van der Waals surface area contributed by atoms with Crippen LogP contribution in [0.4, 0.5) is 4.39 Å². The molecule has 1 aliphatic rings. The summed E-state index contributed by atoms with van der Waals surface area (Å²) in [7, 11) is 0. The molecule has 2 N–H and O–H groups in total. The molecule has 142 valence electrons. The highest BCUT2D eigenvalue weighted by Crippen LogP contribution is 2.29. The first-order chi connectivity index (χ1) is 13.5. The van der Waals surface area contributed by atoms with Gasteiger partial charge in [-0.25, -0.2) is 9.37 Å². The Hall–Kier alpha value is -3.47. The van der Waals surface area contributed by atoms with E-state index in [0.29, 0.717) is 29.7 Å². The number of amides is 1. The van der Waals surface area contributed by atoms with E-state index in [1.54, 1.807) is 17.9 Å². The molecule has 1 aliphatic heterocycles. The fraction of sp³-hybridized carbons (Fsp3) is 0.300. The van der Waals surface area contributed by atoms with E-state index >= 15 is 0 Å². The molecule has 7 nitrogen and oxygen atoms in total. The van der Waals surface area contributed by atoms with Crippen LogP contribution in [0.5, 0.6) is 0 Å². The molecule has 0 radical (unpaired) electrons. The lowest BCUT2D eigenvalue weighted by molar-refractivity contribution is 0.0710. The van der Waals surface area contributed by atoms with E-state index in [-0.39, 0.29) is 23.2 Å². The third-order valence-electron chi connectivity index (χ3n) is 5.33. The number of carbonyl (C=O) groups is 1. The molecular weight excluding hydrogens is 361 g/mol. The number of halogens is 1. The van der Waals surface area contributed by atoms with Gasteiger partial charge < -0.3 is 14.9 Å². The van der Waals surface area contributed by atoms with Gasteiger partial charge in [0, 0.05) is 25.2 Å². The first-order valence-electron chi connectivity index (χ1n) is 9.04. The quantitative estimate of drug-likeness (QED) is 0.714. The van der Waals surface area contributed by atoms with Gasteiger partial charge in [0.1, 0.15) is 23.3 Å². The van der Waals surface area contributed by atoms with Gasteiger partial charge in [0.05, 0.1) is 16.6 Å². The average Bonchev–Trinajstić information content (AvgIpc) is 3.11. The standard InChI is InChI=1S/C20H18FN5O2/c1-11-14(9-22)19(27)23-10-15(11)20(28)26-6-4-12(5-7-26)18-24-16-3-2-13(21)8-17(16)25-18/h2-3,8,10,12H,4-7H2,1H3,(H,23,27)(H,24,25). The van der Waals surface area contributed by atoms with Crippen molar-refractivity contribution in [1.82, 2.24) is 19.9 Å². The number of hydrogen-bond acceptors (Lipinski definition) is 4. The van der Waals surface area contributed by atoms with E-state index in [2.05, 4.69) is 15.0 Å². The number of piperidine rings is 1. The number of likely N-dealkylation sites (tertiary alicyclic amines) is 1. The van der Waals surface area contributed by atoms with E-state index in [4.69, 9.17) is 5.26 Å². The van der Waals surface area contributed by atoms with E-state index in [1.807, 2.05) is 6.07 Å². The van der Waals surface area contributed by atoms with Crippen molar-refractivity contribution in [2.75, 3.05) is 13.1 Å². The summed E-state index contributed by atoms with van der Waals surface area (Å²) in [4.78, 5) is 36.4. The van der Waals surface area contributed by atoms with Crippen LogP contribution >= 0.6 is 0 Å². The van der Waals surface area contributed by atoms with E-state index < -0.39 is 5.56 Å². The predicted octanol–water partition coefficient (Wildman–Crippen LogP) is 2.59. The molecule has 3 aromatic rings. The molecule has 1 amide bonds. The van der Waals surface area contributed by atoms with E-state index in [1.165, 1.54) is 18.3 Å². The predicted molar refractivity (Wildman–Crippen MR) is 100 cm³/mol. The van der Waals surface area contributed by atoms with E-state index in [0.717, 1.165) is 24.2 Å². The van der Waals surface area contributed by atoms with Gasteiger partial charge in [-0.3, -0.25) is 9.59 Å². The molecule has 0 aliphatic carbocycles. The summed E-state index contributed by atoms with van der Waals surface area (Å²) in [6, 6.07) is 6.31. The summed E-state index contributed by atoms with van der Waals surface area (Å²) >= 11 is 0. The molecule has 4 rings (SSSR count). The number of imidazole rings is 1. The summed E-state index contributed by atoms with van der Waals surface area (Å²) in [5, 5.41) is 9.12. The third kappa shape index (κ3) is 3.05. The summed E-state index contributed by atoms with van der Waals surface area (Å²) in [6.45, 7) is 2.69. The van der Waals surface area contributed by atoms with Gasteiger partial charge in [0.2, 0.25) is 0 Å². The number of carbonyl (C=O) groups excluding carboxylic acids is 1. The number of benzene rings is 1. The van der Waals surface area contributed by atoms with Crippen molar-refractivity contribution in [2.24, 2.45) is 0 Å². The Labute approximate surface area is 159 Å². The van der Waals surface area contributed by atoms with Gasteiger partial charge in [-0.1, -0.05) is 0 Å². The zero-order chi connectivity index (χ0) is 19.8. The second-order valence-electron chi connectivity index (χ2n) is 6.99. The zero-order valence-electron chi connectivity index (χ0n) is 15.3. The number of nitrogens with zero attached hydrogens (tertiary/aromatic N) is 3. The van der Waals surface area contributed by atoms with Gasteiger partial charge in [0.15, 0.2) is 0 Å². The molecule has 0 atom stereocenters. The summed E-state index contributed by atoms with van der Waals surface area (Å²) < 4.78 is 13.4. The van der Waals surface area contributed by atoms with Crippen LogP contribution in [0.15, 0.2) is 29.2 Å². The third-order valence-corrected chi connectivity index (χ3v) is 5.33. The molecular formula is C20H18FN5O2. The molecule has 8 heteroatoms. The molecule has 0 unspecified atom stereocenters. The van der Waals surface area contributed by atoms with Crippen LogP contribution in [0.1, 0.15) is 46.1 Å². The number of aromatic amines is 2. The molecule has 3 heterocycles. The molecule has 2 aromatic heterocycles. The Morgan fingerprint density at radius 3 is 2.82 bits per heavy atom. The van der Waals surface area contributed by atoms with Gasteiger partial charge in [-0.2, -0.15) is 5.26 Å². The number of rotatable bonds is 2. The molecule has 1 saturated heterocycles. The highest BCUT2D eigenvalue weighted by Gasteiger charge is 2.28. The molecule has 0 bridgehead atoms. The van der Waals surface area contributed by atoms with Crippen molar-refractivity contribution in [2.45, 2.75) is 25.7 Å². The SMILES string of the molecule is Cc1c(C(=O)N2CCC(c3nc4ccc(F)cc4[nH]3)CC2)c[nH]c(=O)c1C#N. The molecule has 1 fully saturated rings. The monoisotopic (exact) mass is 379 g/mol. The minimum atomic E-state index is -0.489. The van der Waals surface area contributed by atoms with Crippen LogP contribution in [0.25, 0.3) is 11.0 Å². The Kier molecular flexibility index (Phi) is 4.43. The maximum atomic E-state index is 13.4. The first-order valence-corrected chi connectivity index (χ1v) is 9.04. The minimum Gasteiger partial charge on any atom is -0.342 e. The zero-order valence-corrected chi connectivity index (χ0v) is 15.3. The lowest BCUT2D eigenvalue weighted by Gasteiger charge is -2.31. The Bertz CT molecular complexity index is 1170. The number of aromatic nitrogens is 3. The van der Waals surface area contributed by atoms with Crippen LogP contribution in [-0.2, 0) is 0 Å². The van der Waals surface area contributed by atoms with Crippen molar-refractivity contribution >= 4 is 16.9 Å². The summed E-state index contributed by atoms with van der Waals surface area (Å²) in [6.07, 6.45) is 2.82. The van der Waals surface area contributed by atoms with Crippen LogP contribution in [0.2, 0.25) is 0 Å². The maximum absolute atomic E-state index is 13.4. The van der Waals surface area contributed by atoms with Gasteiger partial charge >= 0.3 is 0 Å². The van der Waals surface area contributed by atoms with Crippen molar-refractivity contribution in [3.8, 4) is 6.07 Å².